The van der Waals surface area contributed by atoms with E-state index in [1.165, 1.54) is 6.07 Å². The lowest BCUT2D eigenvalue weighted by molar-refractivity contribution is 0.0698. The Morgan fingerprint density at radius 3 is 2.61 bits per heavy atom. The van der Waals surface area contributed by atoms with E-state index in [-0.39, 0.29) is 5.56 Å². The lowest BCUT2D eigenvalue weighted by Crippen LogP contribution is -2.29. The Kier molecular flexibility index (Phi) is 5.01. The Morgan fingerprint density at radius 2 is 2.11 bits per heavy atom. The monoisotopic (exact) mass is 250 g/mol. The van der Waals surface area contributed by atoms with E-state index >= 15 is 0 Å². The van der Waals surface area contributed by atoms with Gasteiger partial charge in [0.2, 0.25) is 0 Å². The normalized spacial score (nSPS) is 12.2. The van der Waals surface area contributed by atoms with Gasteiger partial charge >= 0.3 is 5.97 Å². The summed E-state index contributed by atoms with van der Waals surface area (Å²) in [5, 5.41) is 9.07. The Balaban J connectivity index is 3.06. The first kappa shape index (κ1) is 14.4. The summed E-state index contributed by atoms with van der Waals surface area (Å²) in [6.45, 7) is 8.09. The fourth-order valence-corrected chi connectivity index (χ4v) is 1.92. The number of para-hydroxylation sites is 1. The summed E-state index contributed by atoms with van der Waals surface area (Å²) >= 11 is 0. The summed E-state index contributed by atoms with van der Waals surface area (Å²) in [5.41, 5.74) is 7.31. The molecule has 0 saturated heterocycles. The second-order valence-electron chi connectivity index (χ2n) is 4.60. The number of nitrogen functional groups attached to an aromatic ring is 1. The van der Waals surface area contributed by atoms with Crippen molar-refractivity contribution >= 4 is 17.3 Å². The first-order chi connectivity index (χ1) is 8.51. The van der Waals surface area contributed by atoms with Crippen molar-refractivity contribution in [3.05, 3.63) is 23.8 Å². The molecule has 0 spiro atoms. The number of carboxylic acids is 1. The Hall–Kier alpha value is -1.71. The molecule has 0 aliphatic rings. The number of benzene rings is 1. The molecule has 100 valence electrons. The molecule has 0 aromatic heterocycles. The predicted molar refractivity (Wildman–Crippen MR) is 75.2 cm³/mol. The van der Waals surface area contributed by atoms with Crippen LogP contribution in [0.1, 0.15) is 37.6 Å². The largest absolute Gasteiger partial charge is 0.478 e. The van der Waals surface area contributed by atoms with E-state index in [0.717, 1.165) is 25.2 Å². The van der Waals surface area contributed by atoms with Gasteiger partial charge in [-0.1, -0.05) is 26.3 Å². The van der Waals surface area contributed by atoms with E-state index < -0.39 is 5.97 Å². The van der Waals surface area contributed by atoms with Crippen LogP contribution in [-0.4, -0.2) is 24.2 Å². The van der Waals surface area contributed by atoms with Crippen LogP contribution in [0.3, 0.4) is 0 Å². The molecule has 18 heavy (non-hydrogen) atoms. The molecule has 0 saturated carbocycles. The molecule has 0 fully saturated rings. The van der Waals surface area contributed by atoms with Gasteiger partial charge < -0.3 is 15.7 Å². The summed E-state index contributed by atoms with van der Waals surface area (Å²) in [4.78, 5) is 13.2. The highest BCUT2D eigenvalue weighted by Crippen LogP contribution is 2.27. The summed E-state index contributed by atoms with van der Waals surface area (Å²) in [7, 11) is 0. The molecule has 0 radical (unpaired) electrons. The summed E-state index contributed by atoms with van der Waals surface area (Å²) in [6.07, 6.45) is 1.09. The van der Waals surface area contributed by atoms with Crippen LogP contribution in [0, 0.1) is 5.92 Å². The van der Waals surface area contributed by atoms with Gasteiger partial charge in [0, 0.05) is 13.1 Å². The van der Waals surface area contributed by atoms with E-state index in [1.807, 2.05) is 6.07 Å². The minimum absolute atomic E-state index is 0.176. The third-order valence-corrected chi connectivity index (χ3v) is 3.26. The molecule has 0 bridgehead atoms. The quantitative estimate of drug-likeness (QED) is 0.762. The number of rotatable bonds is 6. The number of hydrogen-bond donors (Lipinski definition) is 2. The van der Waals surface area contributed by atoms with Crippen molar-refractivity contribution in [3.63, 3.8) is 0 Å². The van der Waals surface area contributed by atoms with E-state index in [1.54, 1.807) is 6.07 Å². The maximum Gasteiger partial charge on any atom is 0.337 e. The first-order valence-electron chi connectivity index (χ1n) is 6.37. The molecular formula is C14H22N2O2. The number of aromatic carboxylic acids is 1. The average molecular weight is 250 g/mol. The SMILES string of the molecule is CCC(C)CN(CC)c1cccc(C(=O)O)c1N. The smallest absolute Gasteiger partial charge is 0.337 e. The van der Waals surface area contributed by atoms with Crippen molar-refractivity contribution in [2.45, 2.75) is 27.2 Å². The summed E-state index contributed by atoms with van der Waals surface area (Å²) in [6, 6.07) is 5.17. The third kappa shape index (κ3) is 3.15. The average Bonchev–Trinajstić information content (AvgIpc) is 2.35. The number of nitrogens with zero attached hydrogens (tertiary/aromatic N) is 1. The van der Waals surface area contributed by atoms with Crippen LogP contribution in [0.5, 0.6) is 0 Å². The van der Waals surface area contributed by atoms with Crippen molar-refractivity contribution in [2.24, 2.45) is 5.92 Å². The molecule has 1 unspecified atom stereocenters. The van der Waals surface area contributed by atoms with Gasteiger partial charge in [-0.3, -0.25) is 0 Å². The van der Waals surface area contributed by atoms with Gasteiger partial charge in [-0.25, -0.2) is 4.79 Å². The highest BCUT2D eigenvalue weighted by molar-refractivity contribution is 5.97. The van der Waals surface area contributed by atoms with Gasteiger partial charge in [-0.15, -0.1) is 0 Å². The third-order valence-electron chi connectivity index (χ3n) is 3.26. The summed E-state index contributed by atoms with van der Waals surface area (Å²) < 4.78 is 0. The van der Waals surface area contributed by atoms with Gasteiger partial charge in [0.05, 0.1) is 16.9 Å². The van der Waals surface area contributed by atoms with Crippen LogP contribution in [0.4, 0.5) is 11.4 Å². The fourth-order valence-electron chi connectivity index (χ4n) is 1.92. The molecule has 0 aliphatic heterocycles. The highest BCUT2D eigenvalue weighted by Gasteiger charge is 2.16. The zero-order chi connectivity index (χ0) is 13.7. The number of carboxylic acid groups (broad SMARTS) is 1. The molecule has 0 heterocycles. The second-order valence-corrected chi connectivity index (χ2v) is 4.60. The lowest BCUT2D eigenvalue weighted by atomic mass is 10.1. The Bertz CT molecular complexity index is 418. The van der Waals surface area contributed by atoms with Crippen molar-refractivity contribution in [3.8, 4) is 0 Å². The van der Waals surface area contributed by atoms with Crippen LogP contribution in [0.15, 0.2) is 18.2 Å². The van der Waals surface area contributed by atoms with Gasteiger partial charge in [0.25, 0.3) is 0 Å². The van der Waals surface area contributed by atoms with Crippen molar-refractivity contribution in [2.75, 3.05) is 23.7 Å². The standard InChI is InChI=1S/C14H22N2O2/c1-4-10(3)9-16(5-2)12-8-6-7-11(13(12)15)14(17)18/h6-8,10H,4-5,9,15H2,1-3H3,(H,17,18). The molecule has 3 N–H and O–H groups in total. The Labute approximate surface area is 108 Å². The van der Waals surface area contributed by atoms with Gasteiger partial charge in [0.15, 0.2) is 0 Å². The molecule has 1 aromatic carbocycles. The maximum atomic E-state index is 11.1. The van der Waals surface area contributed by atoms with Crippen molar-refractivity contribution < 1.29 is 9.90 Å². The van der Waals surface area contributed by atoms with Crippen LogP contribution < -0.4 is 10.6 Å². The zero-order valence-corrected chi connectivity index (χ0v) is 11.3. The molecule has 1 rings (SSSR count). The van der Waals surface area contributed by atoms with E-state index in [2.05, 4.69) is 25.7 Å². The van der Waals surface area contributed by atoms with Gasteiger partial charge in [0.1, 0.15) is 0 Å². The molecule has 1 aromatic rings. The molecule has 0 aliphatic carbocycles. The van der Waals surface area contributed by atoms with Gasteiger partial charge in [-0.2, -0.15) is 0 Å². The van der Waals surface area contributed by atoms with Crippen LogP contribution in [0.2, 0.25) is 0 Å². The van der Waals surface area contributed by atoms with Gasteiger partial charge in [-0.05, 0) is 25.0 Å². The minimum Gasteiger partial charge on any atom is -0.478 e. The second kappa shape index (κ2) is 6.28. The van der Waals surface area contributed by atoms with E-state index in [0.29, 0.717) is 11.6 Å². The maximum absolute atomic E-state index is 11.1. The highest BCUT2D eigenvalue weighted by atomic mass is 16.4. The molecule has 0 amide bonds. The molecular weight excluding hydrogens is 228 g/mol. The number of anilines is 2. The van der Waals surface area contributed by atoms with Crippen LogP contribution in [0.25, 0.3) is 0 Å². The van der Waals surface area contributed by atoms with Crippen molar-refractivity contribution in [1.82, 2.24) is 0 Å². The van der Waals surface area contributed by atoms with Crippen LogP contribution in [-0.2, 0) is 0 Å². The lowest BCUT2D eigenvalue weighted by Gasteiger charge is -2.27. The van der Waals surface area contributed by atoms with Crippen LogP contribution >= 0.6 is 0 Å². The zero-order valence-electron chi connectivity index (χ0n) is 11.3. The number of carbonyl (C=O) groups is 1. The molecule has 4 heteroatoms. The minimum atomic E-state index is -0.978. The first-order valence-corrected chi connectivity index (χ1v) is 6.37. The molecule has 1 atom stereocenters. The van der Waals surface area contributed by atoms with Crippen molar-refractivity contribution in [1.29, 1.82) is 0 Å². The predicted octanol–water partition coefficient (Wildman–Crippen LogP) is 2.84. The number of nitrogens with two attached hydrogens (primary N) is 1. The topological polar surface area (TPSA) is 66.6 Å². The van der Waals surface area contributed by atoms with E-state index in [9.17, 15) is 4.79 Å². The fraction of sp³-hybridized carbons (Fsp3) is 0.500. The number of hydrogen-bond acceptors (Lipinski definition) is 3. The van der Waals surface area contributed by atoms with E-state index in [4.69, 9.17) is 10.8 Å². The summed E-state index contributed by atoms with van der Waals surface area (Å²) in [5.74, 6) is -0.424. The Morgan fingerprint density at radius 1 is 1.44 bits per heavy atom. The molecule has 4 nitrogen and oxygen atoms in total.